The zero-order valence-electron chi connectivity index (χ0n) is 15.7. The number of benzene rings is 2. The number of hydrogen-bond donors (Lipinski definition) is 0. The number of carbonyl (C=O) groups excluding carboxylic acids is 1. The predicted molar refractivity (Wildman–Crippen MR) is 103 cm³/mol. The molecule has 0 aliphatic carbocycles. The zero-order chi connectivity index (χ0) is 19.1. The lowest BCUT2D eigenvalue weighted by molar-refractivity contribution is -0.133. The molecule has 0 saturated carbocycles. The van der Waals surface area contributed by atoms with E-state index in [0.29, 0.717) is 18.9 Å². The third-order valence-corrected chi connectivity index (χ3v) is 4.86. The average Bonchev–Trinajstić information content (AvgIpc) is 2.94. The van der Waals surface area contributed by atoms with Crippen molar-refractivity contribution in [1.82, 2.24) is 4.90 Å². The molecule has 2 aromatic carbocycles. The van der Waals surface area contributed by atoms with Crippen LogP contribution in [0.1, 0.15) is 37.7 Å². The van der Waals surface area contributed by atoms with Gasteiger partial charge in [0, 0.05) is 19.0 Å². The van der Waals surface area contributed by atoms with Crippen molar-refractivity contribution in [1.29, 1.82) is 0 Å². The molecule has 0 N–H and O–H groups in total. The second-order valence-electron chi connectivity index (χ2n) is 6.78. The van der Waals surface area contributed by atoms with Gasteiger partial charge in [-0.1, -0.05) is 18.6 Å². The number of nitrogens with zero attached hydrogens (tertiary/aromatic N) is 1. The van der Waals surface area contributed by atoms with Crippen LogP contribution >= 0.6 is 0 Å². The molecule has 0 radical (unpaired) electrons. The Labute approximate surface area is 159 Å². The number of rotatable bonds is 6. The van der Waals surface area contributed by atoms with E-state index in [2.05, 4.69) is 0 Å². The first-order valence-corrected chi connectivity index (χ1v) is 9.54. The summed E-state index contributed by atoms with van der Waals surface area (Å²) in [6.45, 7) is 3.96. The highest BCUT2D eigenvalue weighted by molar-refractivity contribution is 5.78. The van der Waals surface area contributed by atoms with E-state index in [0.717, 1.165) is 37.1 Å². The minimum Gasteiger partial charge on any atom is -0.494 e. The number of halogens is 1. The Kier molecular flexibility index (Phi) is 6.69. The summed E-state index contributed by atoms with van der Waals surface area (Å²) in [7, 11) is 0. The number of likely N-dealkylation sites (tertiary alicyclic amines) is 1. The van der Waals surface area contributed by atoms with Gasteiger partial charge in [-0.2, -0.15) is 0 Å². The van der Waals surface area contributed by atoms with Gasteiger partial charge in [-0.3, -0.25) is 4.79 Å². The van der Waals surface area contributed by atoms with Crippen molar-refractivity contribution >= 4 is 5.91 Å². The quantitative estimate of drug-likeness (QED) is 0.755. The van der Waals surface area contributed by atoms with E-state index in [1.165, 1.54) is 12.1 Å². The molecule has 1 atom stereocenters. The molecule has 27 heavy (non-hydrogen) atoms. The van der Waals surface area contributed by atoms with Crippen LogP contribution in [0.5, 0.6) is 11.5 Å². The Balaban J connectivity index is 1.57. The van der Waals surface area contributed by atoms with E-state index in [4.69, 9.17) is 9.47 Å². The van der Waals surface area contributed by atoms with Crippen LogP contribution in [-0.2, 0) is 4.79 Å². The Bertz CT molecular complexity index is 730. The second-order valence-corrected chi connectivity index (χ2v) is 6.78. The fraction of sp³-hybridized carbons (Fsp3) is 0.409. The van der Waals surface area contributed by atoms with Gasteiger partial charge < -0.3 is 14.4 Å². The van der Waals surface area contributed by atoms with Crippen LogP contribution in [0.15, 0.2) is 48.5 Å². The van der Waals surface area contributed by atoms with Crippen LogP contribution in [0.25, 0.3) is 0 Å². The molecule has 1 aliphatic heterocycles. The summed E-state index contributed by atoms with van der Waals surface area (Å²) in [4.78, 5) is 14.5. The monoisotopic (exact) mass is 371 g/mol. The van der Waals surface area contributed by atoms with Crippen molar-refractivity contribution in [2.45, 2.75) is 32.1 Å². The lowest BCUT2D eigenvalue weighted by atomic mass is 9.94. The topological polar surface area (TPSA) is 38.8 Å². The number of ether oxygens (including phenoxy) is 2. The molecule has 0 spiro atoms. The lowest BCUT2D eigenvalue weighted by Crippen LogP contribution is -2.37. The van der Waals surface area contributed by atoms with E-state index in [-0.39, 0.29) is 24.2 Å². The molecule has 1 aliphatic rings. The third-order valence-electron chi connectivity index (χ3n) is 4.86. The molecule has 1 unspecified atom stereocenters. The van der Waals surface area contributed by atoms with E-state index < -0.39 is 0 Å². The van der Waals surface area contributed by atoms with Gasteiger partial charge in [-0.05, 0) is 61.7 Å². The summed E-state index contributed by atoms with van der Waals surface area (Å²) in [5, 5.41) is 0. The molecular formula is C22H26FNO3. The molecule has 4 nitrogen and oxygen atoms in total. The summed E-state index contributed by atoms with van der Waals surface area (Å²) in [6.07, 6.45) is 3.05. The summed E-state index contributed by atoms with van der Waals surface area (Å²) in [6, 6.07) is 13.9. The molecule has 1 fully saturated rings. The van der Waals surface area contributed by atoms with Crippen LogP contribution in [0.4, 0.5) is 4.39 Å². The van der Waals surface area contributed by atoms with Crippen molar-refractivity contribution in [2.75, 3.05) is 26.3 Å². The fourth-order valence-corrected chi connectivity index (χ4v) is 3.41. The van der Waals surface area contributed by atoms with Gasteiger partial charge in [0.15, 0.2) is 6.61 Å². The number of amides is 1. The van der Waals surface area contributed by atoms with Gasteiger partial charge >= 0.3 is 0 Å². The Morgan fingerprint density at radius 3 is 2.37 bits per heavy atom. The largest absolute Gasteiger partial charge is 0.494 e. The first-order valence-electron chi connectivity index (χ1n) is 9.54. The Morgan fingerprint density at radius 1 is 1.04 bits per heavy atom. The minimum absolute atomic E-state index is 0.0158. The molecule has 0 bridgehead atoms. The number of hydrogen-bond acceptors (Lipinski definition) is 3. The molecule has 5 heteroatoms. The van der Waals surface area contributed by atoms with Gasteiger partial charge in [0.1, 0.15) is 17.3 Å². The van der Waals surface area contributed by atoms with Crippen LogP contribution in [0.2, 0.25) is 0 Å². The average molecular weight is 371 g/mol. The molecule has 1 heterocycles. The highest BCUT2D eigenvalue weighted by Crippen LogP contribution is 2.27. The van der Waals surface area contributed by atoms with Crippen LogP contribution < -0.4 is 9.47 Å². The van der Waals surface area contributed by atoms with Gasteiger partial charge in [-0.25, -0.2) is 4.39 Å². The van der Waals surface area contributed by atoms with Crippen molar-refractivity contribution in [3.05, 3.63) is 59.9 Å². The first-order chi connectivity index (χ1) is 13.2. The lowest BCUT2D eigenvalue weighted by Gasteiger charge is -2.25. The SMILES string of the molecule is CCOc1ccc(OCC(=O)N2CCCCC(c3ccc(F)cc3)C2)cc1. The normalized spacial score (nSPS) is 17.3. The minimum atomic E-state index is -0.232. The standard InChI is InChI=1S/C22H26FNO3/c1-2-26-20-10-12-21(13-11-20)27-16-22(25)24-14-4-3-5-18(15-24)17-6-8-19(23)9-7-17/h6-13,18H,2-5,14-16H2,1H3. The molecule has 3 rings (SSSR count). The van der Waals surface area contributed by atoms with Gasteiger partial charge in [0.25, 0.3) is 5.91 Å². The van der Waals surface area contributed by atoms with Crippen molar-refractivity contribution in [3.8, 4) is 11.5 Å². The van der Waals surface area contributed by atoms with Gasteiger partial charge in [0.05, 0.1) is 6.61 Å². The molecule has 1 amide bonds. The summed E-state index contributed by atoms with van der Waals surface area (Å²) >= 11 is 0. The highest BCUT2D eigenvalue weighted by Gasteiger charge is 2.23. The van der Waals surface area contributed by atoms with E-state index >= 15 is 0 Å². The van der Waals surface area contributed by atoms with Crippen molar-refractivity contribution in [2.24, 2.45) is 0 Å². The number of carbonyl (C=O) groups is 1. The third kappa shape index (κ3) is 5.46. The zero-order valence-corrected chi connectivity index (χ0v) is 15.7. The first kappa shape index (κ1) is 19.2. The van der Waals surface area contributed by atoms with E-state index in [1.54, 1.807) is 0 Å². The van der Waals surface area contributed by atoms with Crippen molar-refractivity contribution < 1.29 is 18.7 Å². The smallest absolute Gasteiger partial charge is 0.260 e. The maximum Gasteiger partial charge on any atom is 0.260 e. The Morgan fingerprint density at radius 2 is 1.70 bits per heavy atom. The predicted octanol–water partition coefficient (Wildman–Crippen LogP) is 4.40. The van der Waals surface area contributed by atoms with Crippen molar-refractivity contribution in [3.63, 3.8) is 0 Å². The van der Waals surface area contributed by atoms with Crippen LogP contribution in [-0.4, -0.2) is 37.1 Å². The summed E-state index contributed by atoms with van der Waals surface area (Å²) in [5.74, 6) is 1.42. The molecule has 144 valence electrons. The molecule has 2 aromatic rings. The van der Waals surface area contributed by atoms with Gasteiger partial charge in [0.2, 0.25) is 0 Å². The molecule has 0 aromatic heterocycles. The van der Waals surface area contributed by atoms with Gasteiger partial charge in [-0.15, -0.1) is 0 Å². The Hall–Kier alpha value is -2.56. The maximum absolute atomic E-state index is 13.2. The van der Waals surface area contributed by atoms with E-state index in [1.807, 2.05) is 48.2 Å². The highest BCUT2D eigenvalue weighted by atomic mass is 19.1. The summed E-state index contributed by atoms with van der Waals surface area (Å²) < 4.78 is 24.2. The molecular weight excluding hydrogens is 345 g/mol. The van der Waals surface area contributed by atoms with Crippen LogP contribution in [0.3, 0.4) is 0 Å². The molecule has 1 saturated heterocycles. The fourth-order valence-electron chi connectivity index (χ4n) is 3.41. The van der Waals surface area contributed by atoms with E-state index in [9.17, 15) is 9.18 Å². The summed E-state index contributed by atoms with van der Waals surface area (Å²) in [5.41, 5.74) is 1.09. The maximum atomic E-state index is 13.2. The van der Waals surface area contributed by atoms with Crippen LogP contribution in [0, 0.1) is 5.82 Å². The second kappa shape index (κ2) is 9.40.